The van der Waals surface area contributed by atoms with E-state index >= 15 is 0 Å². The van der Waals surface area contributed by atoms with E-state index in [1.54, 1.807) is 0 Å². The molecule has 2 aromatic carbocycles. The average Bonchev–Trinajstić information content (AvgIpc) is 3.23. The van der Waals surface area contributed by atoms with E-state index in [0.29, 0.717) is 6.04 Å². The number of rotatable bonds is 2. The van der Waals surface area contributed by atoms with Gasteiger partial charge in [0.25, 0.3) is 0 Å². The van der Waals surface area contributed by atoms with Gasteiger partial charge in [-0.15, -0.1) is 0 Å². The van der Waals surface area contributed by atoms with Crippen molar-refractivity contribution in [1.82, 2.24) is 5.06 Å². The van der Waals surface area contributed by atoms with Crippen LogP contribution in [0.15, 0.2) is 54.6 Å². The lowest BCUT2D eigenvalue weighted by molar-refractivity contribution is -0.147. The zero-order valence-electron chi connectivity index (χ0n) is 12.0. The van der Waals surface area contributed by atoms with Crippen LogP contribution in [0.25, 0.3) is 0 Å². The Hall–Kier alpha value is -1.35. The summed E-state index contributed by atoms with van der Waals surface area (Å²) in [6.45, 7) is 0. The Balaban J connectivity index is 1.72. The van der Waals surface area contributed by atoms with E-state index in [4.69, 9.17) is 16.4 Å². The molecular formula is C18H18ClNO. The van der Waals surface area contributed by atoms with Gasteiger partial charge in [-0.05, 0) is 36.1 Å². The summed E-state index contributed by atoms with van der Waals surface area (Å²) in [5, 5.41) is 2.82. The highest BCUT2D eigenvalue weighted by Crippen LogP contribution is 2.69. The van der Waals surface area contributed by atoms with Crippen molar-refractivity contribution in [3.05, 3.63) is 70.7 Å². The van der Waals surface area contributed by atoms with Crippen LogP contribution in [0, 0.1) is 5.41 Å². The van der Waals surface area contributed by atoms with Crippen molar-refractivity contribution >= 4 is 11.6 Å². The third-order valence-corrected chi connectivity index (χ3v) is 5.07. The van der Waals surface area contributed by atoms with Gasteiger partial charge in [0, 0.05) is 17.5 Å². The summed E-state index contributed by atoms with van der Waals surface area (Å²) in [5.74, 6) is 0. The predicted molar refractivity (Wildman–Crippen MR) is 83.9 cm³/mol. The summed E-state index contributed by atoms with van der Waals surface area (Å²) in [6.07, 6.45) is 2.58. The number of benzene rings is 2. The third kappa shape index (κ3) is 2.10. The third-order valence-electron chi connectivity index (χ3n) is 4.82. The number of hydrogen-bond donors (Lipinski definition) is 0. The summed E-state index contributed by atoms with van der Waals surface area (Å²) in [4.78, 5) is 6.22. The van der Waals surface area contributed by atoms with Crippen LogP contribution in [0.1, 0.15) is 36.1 Å². The van der Waals surface area contributed by atoms with E-state index in [1.807, 2.05) is 24.2 Å². The molecule has 0 radical (unpaired) electrons. The van der Waals surface area contributed by atoms with Gasteiger partial charge in [0.1, 0.15) is 6.10 Å². The first-order chi connectivity index (χ1) is 10.2. The Morgan fingerprint density at radius 1 is 1.00 bits per heavy atom. The summed E-state index contributed by atoms with van der Waals surface area (Å²) in [5.41, 5.74) is 2.78. The van der Waals surface area contributed by atoms with Crippen LogP contribution in [-0.4, -0.2) is 12.1 Å². The molecule has 3 heteroatoms. The summed E-state index contributed by atoms with van der Waals surface area (Å²) < 4.78 is 0. The first kappa shape index (κ1) is 13.3. The van der Waals surface area contributed by atoms with Gasteiger partial charge in [-0.2, -0.15) is 5.06 Å². The largest absolute Gasteiger partial charge is 0.290 e. The lowest BCUT2D eigenvalue weighted by Gasteiger charge is -2.23. The van der Waals surface area contributed by atoms with E-state index < -0.39 is 0 Å². The zero-order chi connectivity index (χ0) is 14.4. The molecule has 2 atom stereocenters. The van der Waals surface area contributed by atoms with E-state index in [9.17, 15) is 0 Å². The maximum absolute atomic E-state index is 6.22. The predicted octanol–water partition coefficient (Wildman–Crippen LogP) is 4.78. The number of nitrogens with zero attached hydrogens (tertiary/aromatic N) is 1. The molecule has 0 amide bonds. The first-order valence-corrected chi connectivity index (χ1v) is 7.78. The molecule has 2 nitrogen and oxygen atoms in total. The lowest BCUT2D eigenvalue weighted by Crippen LogP contribution is -2.21. The minimum absolute atomic E-state index is 0.157. The lowest BCUT2D eigenvalue weighted by atomic mass is 9.83. The van der Waals surface area contributed by atoms with E-state index in [1.165, 1.54) is 24.0 Å². The van der Waals surface area contributed by atoms with E-state index in [2.05, 4.69) is 42.5 Å². The normalized spacial score (nSPS) is 27.1. The van der Waals surface area contributed by atoms with Gasteiger partial charge in [-0.1, -0.05) is 54.1 Å². The Morgan fingerprint density at radius 2 is 1.67 bits per heavy atom. The molecule has 1 saturated carbocycles. The summed E-state index contributed by atoms with van der Waals surface area (Å²) in [7, 11) is 2.04. The van der Waals surface area contributed by atoms with Crippen LogP contribution in [-0.2, 0) is 4.84 Å². The molecule has 0 unspecified atom stereocenters. The molecule has 1 spiro atoms. The fourth-order valence-electron chi connectivity index (χ4n) is 3.73. The highest BCUT2D eigenvalue weighted by molar-refractivity contribution is 6.30. The van der Waals surface area contributed by atoms with Crippen LogP contribution in [0.5, 0.6) is 0 Å². The Labute approximate surface area is 130 Å². The van der Waals surface area contributed by atoms with Crippen molar-refractivity contribution in [3.8, 4) is 0 Å². The second kappa shape index (κ2) is 4.84. The quantitative estimate of drug-likeness (QED) is 0.791. The Morgan fingerprint density at radius 3 is 2.29 bits per heavy atom. The molecule has 2 aromatic rings. The van der Waals surface area contributed by atoms with E-state index in [-0.39, 0.29) is 11.5 Å². The van der Waals surface area contributed by atoms with Gasteiger partial charge >= 0.3 is 0 Å². The molecule has 2 fully saturated rings. The fourth-order valence-corrected chi connectivity index (χ4v) is 3.85. The molecule has 1 aliphatic carbocycles. The molecular weight excluding hydrogens is 282 g/mol. The molecule has 0 bridgehead atoms. The van der Waals surface area contributed by atoms with Gasteiger partial charge in [0.15, 0.2) is 0 Å². The first-order valence-electron chi connectivity index (χ1n) is 7.41. The van der Waals surface area contributed by atoms with Gasteiger partial charge in [-0.25, -0.2) is 0 Å². The molecule has 108 valence electrons. The minimum Gasteiger partial charge on any atom is -0.290 e. The fraction of sp³-hybridized carbons (Fsp3) is 0.333. The highest BCUT2D eigenvalue weighted by atomic mass is 35.5. The average molecular weight is 300 g/mol. The van der Waals surface area contributed by atoms with Crippen LogP contribution >= 0.6 is 11.6 Å². The molecule has 2 aliphatic rings. The number of hydroxylamine groups is 2. The molecule has 0 N–H and O–H groups in total. The number of halogens is 1. The van der Waals surface area contributed by atoms with E-state index in [0.717, 1.165) is 5.02 Å². The molecule has 21 heavy (non-hydrogen) atoms. The van der Waals surface area contributed by atoms with Crippen molar-refractivity contribution in [1.29, 1.82) is 0 Å². The van der Waals surface area contributed by atoms with Crippen LogP contribution in [0.3, 0.4) is 0 Å². The smallest absolute Gasteiger partial charge is 0.112 e. The van der Waals surface area contributed by atoms with Gasteiger partial charge in [0.05, 0.1) is 6.04 Å². The second-order valence-corrected chi connectivity index (χ2v) is 6.57. The van der Waals surface area contributed by atoms with Crippen molar-refractivity contribution in [2.75, 3.05) is 7.05 Å². The van der Waals surface area contributed by atoms with Gasteiger partial charge < -0.3 is 0 Å². The molecule has 1 saturated heterocycles. The highest BCUT2D eigenvalue weighted by Gasteiger charge is 2.63. The molecule has 1 aliphatic heterocycles. The summed E-state index contributed by atoms with van der Waals surface area (Å²) >= 11 is 6.02. The van der Waals surface area contributed by atoms with Crippen LogP contribution in [0.2, 0.25) is 5.02 Å². The Bertz CT molecular complexity index is 636. The maximum atomic E-state index is 6.22. The van der Waals surface area contributed by atoms with Gasteiger partial charge in [0.2, 0.25) is 0 Å². The Kier molecular flexibility index (Phi) is 3.07. The van der Waals surface area contributed by atoms with Crippen LogP contribution < -0.4 is 0 Å². The summed E-state index contributed by atoms with van der Waals surface area (Å²) in [6, 6.07) is 19.1. The zero-order valence-corrected chi connectivity index (χ0v) is 12.8. The molecule has 1 heterocycles. The van der Waals surface area contributed by atoms with Crippen molar-refractivity contribution < 1.29 is 4.84 Å². The monoisotopic (exact) mass is 299 g/mol. The molecule has 4 rings (SSSR count). The van der Waals surface area contributed by atoms with Gasteiger partial charge in [-0.3, -0.25) is 4.84 Å². The topological polar surface area (TPSA) is 12.5 Å². The standard InChI is InChI=1S/C18H18ClNO/c1-20-16(13-7-9-15(19)10-8-13)18(11-12-18)17(21-20)14-5-3-2-4-6-14/h2-10,16-17H,11-12H2,1H3/t16-,17+/m0/s1. The molecule has 0 aromatic heterocycles. The maximum Gasteiger partial charge on any atom is 0.112 e. The minimum atomic E-state index is 0.157. The number of hydrogen-bond acceptors (Lipinski definition) is 2. The SMILES string of the molecule is CN1O[C@H](c2ccccc2)C2(CC2)[C@@H]1c1ccc(Cl)cc1. The van der Waals surface area contributed by atoms with Crippen molar-refractivity contribution in [2.24, 2.45) is 5.41 Å². The second-order valence-electron chi connectivity index (χ2n) is 6.13. The van der Waals surface area contributed by atoms with Crippen molar-refractivity contribution in [2.45, 2.75) is 25.0 Å². The van der Waals surface area contributed by atoms with Crippen molar-refractivity contribution in [3.63, 3.8) is 0 Å². The van der Waals surface area contributed by atoms with Crippen LogP contribution in [0.4, 0.5) is 0 Å².